The lowest BCUT2D eigenvalue weighted by Gasteiger charge is -2.42. The van der Waals surface area contributed by atoms with Gasteiger partial charge in [0, 0.05) is 6.54 Å². The molecule has 2 nitrogen and oxygen atoms in total. The standard InChI is InChI=1S/C16H23F2NO/c1-15(2)5-7-16(11-19,8-6-15)20-10-12-3-4-13(17)14(18)9-12/h3-4,9H,5-8,10-11,19H2,1-2H3. The van der Waals surface area contributed by atoms with Crippen molar-refractivity contribution in [1.29, 1.82) is 0 Å². The van der Waals surface area contributed by atoms with Crippen LogP contribution in [0.25, 0.3) is 0 Å². The van der Waals surface area contributed by atoms with Crippen molar-refractivity contribution in [3.63, 3.8) is 0 Å². The highest BCUT2D eigenvalue weighted by Crippen LogP contribution is 2.41. The molecule has 112 valence electrons. The van der Waals surface area contributed by atoms with E-state index in [1.54, 1.807) is 6.07 Å². The van der Waals surface area contributed by atoms with Crippen LogP contribution in [0.4, 0.5) is 8.78 Å². The lowest BCUT2D eigenvalue weighted by molar-refractivity contribution is -0.0904. The van der Waals surface area contributed by atoms with Crippen LogP contribution in [0.2, 0.25) is 0 Å². The quantitative estimate of drug-likeness (QED) is 0.912. The summed E-state index contributed by atoms with van der Waals surface area (Å²) in [5.74, 6) is -1.67. The number of nitrogens with two attached hydrogens (primary N) is 1. The summed E-state index contributed by atoms with van der Waals surface area (Å²) in [6, 6.07) is 3.87. The Bertz CT molecular complexity index is 464. The van der Waals surface area contributed by atoms with Crippen LogP contribution in [0.3, 0.4) is 0 Å². The first-order valence-corrected chi connectivity index (χ1v) is 7.14. The van der Waals surface area contributed by atoms with Crippen molar-refractivity contribution in [2.24, 2.45) is 11.1 Å². The molecule has 0 aliphatic heterocycles. The molecule has 0 saturated heterocycles. The van der Waals surface area contributed by atoms with Gasteiger partial charge in [-0.1, -0.05) is 19.9 Å². The lowest BCUT2D eigenvalue weighted by atomic mass is 9.71. The van der Waals surface area contributed by atoms with Gasteiger partial charge in [0.1, 0.15) is 0 Å². The molecule has 0 bridgehead atoms. The summed E-state index contributed by atoms with van der Waals surface area (Å²) in [6.07, 6.45) is 3.98. The molecule has 0 amide bonds. The molecule has 1 fully saturated rings. The fourth-order valence-corrected chi connectivity index (χ4v) is 2.66. The van der Waals surface area contributed by atoms with Gasteiger partial charge in [0.25, 0.3) is 0 Å². The minimum atomic E-state index is -0.835. The van der Waals surface area contributed by atoms with Crippen LogP contribution in [0.15, 0.2) is 18.2 Å². The Kier molecular flexibility index (Phi) is 4.45. The first kappa shape index (κ1) is 15.4. The molecular weight excluding hydrogens is 260 g/mol. The Labute approximate surface area is 119 Å². The molecule has 2 N–H and O–H groups in total. The van der Waals surface area contributed by atoms with E-state index in [1.807, 2.05) is 0 Å². The molecule has 0 atom stereocenters. The predicted molar refractivity (Wildman–Crippen MR) is 75.2 cm³/mol. The summed E-state index contributed by atoms with van der Waals surface area (Å²) in [4.78, 5) is 0. The van der Waals surface area contributed by atoms with Gasteiger partial charge in [0.05, 0.1) is 12.2 Å². The molecular formula is C16H23F2NO. The van der Waals surface area contributed by atoms with Gasteiger partial charge >= 0.3 is 0 Å². The number of halogens is 2. The normalized spacial score (nSPS) is 20.9. The van der Waals surface area contributed by atoms with E-state index in [2.05, 4.69) is 13.8 Å². The fourth-order valence-electron chi connectivity index (χ4n) is 2.66. The third kappa shape index (κ3) is 3.55. The topological polar surface area (TPSA) is 35.2 Å². The van der Waals surface area contributed by atoms with Crippen LogP contribution in [-0.2, 0) is 11.3 Å². The van der Waals surface area contributed by atoms with Gasteiger partial charge < -0.3 is 10.5 Å². The van der Waals surface area contributed by atoms with E-state index in [-0.39, 0.29) is 12.2 Å². The van der Waals surface area contributed by atoms with E-state index >= 15 is 0 Å². The van der Waals surface area contributed by atoms with Crippen LogP contribution < -0.4 is 5.73 Å². The Balaban J connectivity index is 1.99. The zero-order valence-electron chi connectivity index (χ0n) is 12.2. The summed E-state index contributed by atoms with van der Waals surface area (Å²) in [6.45, 7) is 5.24. The summed E-state index contributed by atoms with van der Waals surface area (Å²) in [7, 11) is 0. The van der Waals surface area contributed by atoms with Crippen molar-refractivity contribution in [3.05, 3.63) is 35.4 Å². The van der Waals surface area contributed by atoms with E-state index < -0.39 is 11.6 Å². The maximum absolute atomic E-state index is 13.2. The maximum Gasteiger partial charge on any atom is 0.159 e. The van der Waals surface area contributed by atoms with Gasteiger partial charge in [-0.05, 0) is 48.8 Å². The zero-order valence-corrected chi connectivity index (χ0v) is 12.2. The number of ether oxygens (including phenoxy) is 1. The molecule has 1 saturated carbocycles. The number of hydrogen-bond donors (Lipinski definition) is 1. The molecule has 0 heterocycles. The van der Waals surface area contributed by atoms with Crippen molar-refractivity contribution in [3.8, 4) is 0 Å². The fraction of sp³-hybridized carbons (Fsp3) is 0.625. The van der Waals surface area contributed by atoms with E-state index in [0.717, 1.165) is 31.7 Å². The SMILES string of the molecule is CC1(C)CCC(CN)(OCc2ccc(F)c(F)c2)CC1. The monoisotopic (exact) mass is 283 g/mol. The van der Waals surface area contributed by atoms with Crippen molar-refractivity contribution >= 4 is 0 Å². The molecule has 4 heteroatoms. The van der Waals surface area contributed by atoms with Crippen molar-refractivity contribution < 1.29 is 13.5 Å². The van der Waals surface area contributed by atoms with Crippen molar-refractivity contribution in [1.82, 2.24) is 0 Å². The zero-order chi connectivity index (χ0) is 14.8. The molecule has 1 aromatic carbocycles. The molecule has 1 aromatic rings. The van der Waals surface area contributed by atoms with Crippen LogP contribution >= 0.6 is 0 Å². The number of rotatable bonds is 4. The highest BCUT2D eigenvalue weighted by atomic mass is 19.2. The van der Waals surface area contributed by atoms with Crippen LogP contribution in [0.1, 0.15) is 45.1 Å². The van der Waals surface area contributed by atoms with Crippen molar-refractivity contribution in [2.75, 3.05) is 6.54 Å². The van der Waals surface area contributed by atoms with Crippen LogP contribution in [0.5, 0.6) is 0 Å². The Hall–Kier alpha value is -1.00. The molecule has 1 aliphatic carbocycles. The Morgan fingerprint density at radius 2 is 1.75 bits per heavy atom. The third-order valence-electron chi connectivity index (χ3n) is 4.42. The minimum absolute atomic E-state index is 0.273. The second kappa shape index (κ2) is 5.78. The molecule has 20 heavy (non-hydrogen) atoms. The molecule has 0 aromatic heterocycles. The average molecular weight is 283 g/mol. The minimum Gasteiger partial charge on any atom is -0.369 e. The van der Waals surface area contributed by atoms with Gasteiger partial charge in [-0.3, -0.25) is 0 Å². The van der Waals surface area contributed by atoms with Gasteiger partial charge in [0.2, 0.25) is 0 Å². The number of benzene rings is 1. The molecule has 1 aliphatic rings. The smallest absolute Gasteiger partial charge is 0.159 e. The van der Waals surface area contributed by atoms with E-state index in [4.69, 9.17) is 10.5 Å². The molecule has 0 unspecified atom stereocenters. The third-order valence-corrected chi connectivity index (χ3v) is 4.42. The van der Waals surface area contributed by atoms with E-state index in [1.165, 1.54) is 6.07 Å². The van der Waals surface area contributed by atoms with Crippen molar-refractivity contribution in [2.45, 2.75) is 51.7 Å². The summed E-state index contributed by atoms with van der Waals surface area (Å²) < 4.78 is 32.0. The second-order valence-electron chi connectivity index (χ2n) is 6.59. The molecule has 2 rings (SSSR count). The largest absolute Gasteiger partial charge is 0.369 e. The first-order valence-electron chi connectivity index (χ1n) is 7.14. The van der Waals surface area contributed by atoms with Crippen LogP contribution in [-0.4, -0.2) is 12.1 Å². The van der Waals surface area contributed by atoms with E-state index in [0.29, 0.717) is 17.5 Å². The molecule has 0 radical (unpaired) electrons. The summed E-state index contributed by atoms with van der Waals surface area (Å²) >= 11 is 0. The van der Waals surface area contributed by atoms with Gasteiger partial charge in [0.15, 0.2) is 11.6 Å². The highest BCUT2D eigenvalue weighted by molar-refractivity contribution is 5.17. The number of hydrogen-bond acceptors (Lipinski definition) is 2. The van der Waals surface area contributed by atoms with Gasteiger partial charge in [-0.2, -0.15) is 0 Å². The predicted octanol–water partition coefficient (Wildman–Crippen LogP) is 3.78. The molecule has 0 spiro atoms. The summed E-state index contributed by atoms with van der Waals surface area (Å²) in [5.41, 5.74) is 6.54. The highest BCUT2D eigenvalue weighted by Gasteiger charge is 2.38. The first-order chi connectivity index (χ1) is 9.36. The Morgan fingerprint density at radius 1 is 1.10 bits per heavy atom. The summed E-state index contributed by atoms with van der Waals surface area (Å²) in [5, 5.41) is 0. The second-order valence-corrected chi connectivity index (χ2v) is 6.59. The van der Waals surface area contributed by atoms with Crippen LogP contribution in [0, 0.1) is 17.0 Å². The van der Waals surface area contributed by atoms with E-state index in [9.17, 15) is 8.78 Å². The maximum atomic E-state index is 13.2. The van der Waals surface area contributed by atoms with Gasteiger partial charge in [-0.25, -0.2) is 8.78 Å². The lowest BCUT2D eigenvalue weighted by Crippen LogP contribution is -2.45. The average Bonchev–Trinajstić information content (AvgIpc) is 2.42. The van der Waals surface area contributed by atoms with Gasteiger partial charge in [-0.15, -0.1) is 0 Å². The Morgan fingerprint density at radius 3 is 2.30 bits per heavy atom.